The third-order valence-corrected chi connectivity index (χ3v) is 7.28. The lowest BCUT2D eigenvalue weighted by Crippen LogP contribution is -2.09. The molecule has 0 saturated carbocycles. The van der Waals surface area contributed by atoms with Gasteiger partial charge >= 0.3 is 0 Å². The van der Waals surface area contributed by atoms with Crippen molar-refractivity contribution in [2.75, 3.05) is 4.90 Å². The van der Waals surface area contributed by atoms with Gasteiger partial charge < -0.3 is 4.90 Å². The highest BCUT2D eigenvalue weighted by atomic mass is 15.1. The van der Waals surface area contributed by atoms with Gasteiger partial charge in [-0.05, 0) is 87.1 Å². The van der Waals surface area contributed by atoms with E-state index < -0.39 is 0 Å². The maximum absolute atomic E-state index is 4.13. The molecular formula is C37H29N. The van der Waals surface area contributed by atoms with Gasteiger partial charge in [0.2, 0.25) is 0 Å². The number of benzene rings is 6. The molecule has 0 unspecified atom stereocenters. The van der Waals surface area contributed by atoms with Crippen LogP contribution in [0.2, 0.25) is 0 Å². The number of rotatable bonds is 6. The third-order valence-electron chi connectivity index (χ3n) is 7.28. The second-order valence-electron chi connectivity index (χ2n) is 9.59. The Bertz CT molecular complexity index is 1780. The van der Waals surface area contributed by atoms with E-state index in [-0.39, 0.29) is 0 Å². The summed E-state index contributed by atoms with van der Waals surface area (Å²) in [5, 5.41) is 4.79. The van der Waals surface area contributed by atoms with Crippen molar-refractivity contribution in [1.82, 2.24) is 0 Å². The van der Waals surface area contributed by atoms with E-state index in [1.54, 1.807) is 0 Å². The molecule has 0 bridgehead atoms. The van der Waals surface area contributed by atoms with Crippen LogP contribution in [0.3, 0.4) is 0 Å². The molecule has 0 spiro atoms. The van der Waals surface area contributed by atoms with Gasteiger partial charge in [-0.2, -0.15) is 0 Å². The summed E-state index contributed by atoms with van der Waals surface area (Å²) in [5.74, 6) is 0. The van der Waals surface area contributed by atoms with Crippen molar-refractivity contribution in [1.29, 1.82) is 0 Å². The minimum Gasteiger partial charge on any atom is -0.310 e. The van der Waals surface area contributed by atoms with Crippen LogP contribution in [0.25, 0.3) is 44.8 Å². The van der Waals surface area contributed by atoms with Gasteiger partial charge in [-0.3, -0.25) is 0 Å². The predicted molar refractivity (Wildman–Crippen MR) is 166 cm³/mol. The molecule has 0 atom stereocenters. The summed E-state index contributed by atoms with van der Waals surface area (Å²) in [4.78, 5) is 2.32. The largest absolute Gasteiger partial charge is 0.310 e. The molecule has 6 rings (SSSR count). The van der Waals surface area contributed by atoms with Crippen molar-refractivity contribution in [3.05, 3.63) is 151 Å². The Hall–Kier alpha value is -4.88. The van der Waals surface area contributed by atoms with Gasteiger partial charge in [0, 0.05) is 17.1 Å². The second-order valence-corrected chi connectivity index (χ2v) is 9.59. The van der Waals surface area contributed by atoms with Gasteiger partial charge in [0.15, 0.2) is 0 Å². The Morgan fingerprint density at radius 1 is 0.474 bits per heavy atom. The standard InChI is InChI=1S/C37H29N/c1-4-32-33(5-2)36-24-23-31(25-37(36)35-14-10-9-13-34(32)35)38(29-11-7-6-8-12-29)30-21-19-28(20-22-30)27-17-15-26(3)16-18-27/h4-25H,1-2H2,3H3. The van der Waals surface area contributed by atoms with Gasteiger partial charge in [0.05, 0.1) is 0 Å². The molecule has 0 radical (unpaired) electrons. The van der Waals surface area contributed by atoms with Crippen molar-refractivity contribution in [2.24, 2.45) is 0 Å². The summed E-state index contributed by atoms with van der Waals surface area (Å²) in [6.45, 7) is 10.3. The summed E-state index contributed by atoms with van der Waals surface area (Å²) in [6, 6.07) is 43.4. The quantitative estimate of drug-likeness (QED) is 0.211. The van der Waals surface area contributed by atoms with Crippen molar-refractivity contribution in [3.63, 3.8) is 0 Å². The maximum Gasteiger partial charge on any atom is 0.0468 e. The van der Waals surface area contributed by atoms with Crippen molar-refractivity contribution < 1.29 is 0 Å². The Morgan fingerprint density at radius 3 is 1.61 bits per heavy atom. The molecule has 1 heteroatoms. The van der Waals surface area contributed by atoms with E-state index >= 15 is 0 Å². The molecule has 6 aromatic rings. The predicted octanol–water partition coefficient (Wildman–Crippen LogP) is 10.7. The first-order chi connectivity index (χ1) is 18.7. The lowest BCUT2D eigenvalue weighted by molar-refractivity contribution is 1.29. The Morgan fingerprint density at radius 2 is 0.974 bits per heavy atom. The van der Waals surface area contributed by atoms with Gasteiger partial charge in [0.25, 0.3) is 0 Å². The maximum atomic E-state index is 4.13. The number of fused-ring (bicyclic) bond motifs is 3. The van der Waals surface area contributed by atoms with Crippen LogP contribution in [0, 0.1) is 6.92 Å². The van der Waals surface area contributed by atoms with Gasteiger partial charge in [-0.15, -0.1) is 0 Å². The summed E-state index contributed by atoms with van der Waals surface area (Å²) in [7, 11) is 0. The van der Waals surface area contributed by atoms with Crippen LogP contribution in [-0.2, 0) is 0 Å². The SMILES string of the molecule is C=Cc1c(C=C)c2ccc(N(c3ccccc3)c3ccc(-c4ccc(C)cc4)cc3)cc2c2ccccc12. The minimum absolute atomic E-state index is 1.11. The Labute approximate surface area is 224 Å². The van der Waals surface area contributed by atoms with Gasteiger partial charge in [-0.25, -0.2) is 0 Å². The van der Waals surface area contributed by atoms with Gasteiger partial charge in [-0.1, -0.05) is 116 Å². The molecule has 0 aliphatic heterocycles. The summed E-state index contributed by atoms with van der Waals surface area (Å²) in [6.07, 6.45) is 3.89. The monoisotopic (exact) mass is 487 g/mol. The highest BCUT2D eigenvalue weighted by Crippen LogP contribution is 2.40. The number of hydrogen-bond donors (Lipinski definition) is 0. The van der Waals surface area contributed by atoms with Gasteiger partial charge in [0.1, 0.15) is 0 Å². The lowest BCUT2D eigenvalue weighted by Gasteiger charge is -2.26. The molecule has 0 aliphatic carbocycles. The van der Waals surface area contributed by atoms with E-state index in [2.05, 4.69) is 146 Å². The Balaban J connectivity index is 1.54. The molecule has 0 amide bonds. The average Bonchev–Trinajstić information content (AvgIpc) is 2.98. The summed E-state index contributed by atoms with van der Waals surface area (Å²) < 4.78 is 0. The number of nitrogens with zero attached hydrogens (tertiary/aromatic N) is 1. The summed E-state index contributed by atoms with van der Waals surface area (Å²) in [5.41, 5.74) is 9.28. The zero-order chi connectivity index (χ0) is 26.1. The molecule has 0 aromatic heterocycles. The molecule has 0 saturated heterocycles. The molecule has 0 fully saturated rings. The molecule has 0 aliphatic rings. The highest BCUT2D eigenvalue weighted by molar-refractivity contribution is 6.15. The third kappa shape index (κ3) is 4.09. The van der Waals surface area contributed by atoms with E-state index in [0.29, 0.717) is 0 Å². The molecule has 182 valence electrons. The van der Waals surface area contributed by atoms with Crippen LogP contribution < -0.4 is 4.90 Å². The Kier molecular flexibility index (Phi) is 6.11. The van der Waals surface area contributed by atoms with Crippen LogP contribution in [0.15, 0.2) is 134 Å². The second kappa shape index (κ2) is 9.88. The highest BCUT2D eigenvalue weighted by Gasteiger charge is 2.16. The summed E-state index contributed by atoms with van der Waals surface area (Å²) >= 11 is 0. The number of anilines is 3. The van der Waals surface area contributed by atoms with Crippen LogP contribution >= 0.6 is 0 Å². The molecule has 1 nitrogen and oxygen atoms in total. The van der Waals surface area contributed by atoms with Crippen molar-refractivity contribution in [2.45, 2.75) is 6.92 Å². The molecular weight excluding hydrogens is 458 g/mol. The van der Waals surface area contributed by atoms with E-state index in [1.165, 1.54) is 38.2 Å². The van der Waals surface area contributed by atoms with E-state index in [4.69, 9.17) is 0 Å². The van der Waals surface area contributed by atoms with Crippen molar-refractivity contribution >= 4 is 50.8 Å². The molecule has 0 heterocycles. The van der Waals surface area contributed by atoms with Crippen LogP contribution in [0.4, 0.5) is 17.1 Å². The average molecular weight is 488 g/mol. The number of para-hydroxylation sites is 1. The van der Waals surface area contributed by atoms with Crippen LogP contribution in [0.5, 0.6) is 0 Å². The molecule has 38 heavy (non-hydrogen) atoms. The zero-order valence-corrected chi connectivity index (χ0v) is 21.6. The minimum atomic E-state index is 1.11. The van der Waals surface area contributed by atoms with E-state index in [0.717, 1.165) is 28.2 Å². The van der Waals surface area contributed by atoms with Crippen molar-refractivity contribution in [3.8, 4) is 11.1 Å². The van der Waals surface area contributed by atoms with Crippen LogP contribution in [-0.4, -0.2) is 0 Å². The topological polar surface area (TPSA) is 3.24 Å². The fourth-order valence-corrected chi connectivity index (χ4v) is 5.39. The normalized spacial score (nSPS) is 11.0. The molecule has 0 N–H and O–H groups in total. The zero-order valence-electron chi connectivity index (χ0n) is 21.6. The lowest BCUT2D eigenvalue weighted by atomic mass is 9.91. The van der Waals surface area contributed by atoms with Crippen LogP contribution in [0.1, 0.15) is 16.7 Å². The smallest absolute Gasteiger partial charge is 0.0468 e. The first kappa shape index (κ1) is 23.5. The molecule has 6 aromatic carbocycles. The first-order valence-electron chi connectivity index (χ1n) is 12.9. The number of hydrogen-bond acceptors (Lipinski definition) is 1. The van der Waals surface area contributed by atoms with E-state index in [1.807, 2.05) is 12.2 Å². The number of aryl methyl sites for hydroxylation is 1. The van der Waals surface area contributed by atoms with E-state index in [9.17, 15) is 0 Å². The fraction of sp³-hybridized carbons (Fsp3) is 0.0270. The first-order valence-corrected chi connectivity index (χ1v) is 12.9. The fourth-order valence-electron chi connectivity index (χ4n) is 5.39.